The van der Waals surface area contributed by atoms with Crippen molar-refractivity contribution in [3.05, 3.63) is 88.5 Å². The average molecular weight is 400 g/mol. The van der Waals surface area contributed by atoms with Crippen LogP contribution in [0.25, 0.3) is 28.5 Å². The minimum atomic E-state index is -0.0877. The molecule has 2 aliphatic rings. The molecule has 0 unspecified atom stereocenters. The van der Waals surface area contributed by atoms with E-state index in [0.29, 0.717) is 5.02 Å². The molecule has 2 heterocycles. The molecular formula is C26H22ClNO. The van der Waals surface area contributed by atoms with Crippen LogP contribution in [0.4, 0.5) is 5.69 Å². The predicted octanol–water partition coefficient (Wildman–Crippen LogP) is 7.50. The van der Waals surface area contributed by atoms with Crippen LogP contribution in [0, 0.1) is 0 Å². The second kappa shape index (κ2) is 6.53. The lowest BCUT2D eigenvalue weighted by molar-refractivity contribution is 0.514. The number of hydrogen-bond donors (Lipinski definition) is 1. The molecule has 0 amide bonds. The zero-order valence-corrected chi connectivity index (χ0v) is 17.5. The molecule has 0 aromatic heterocycles. The van der Waals surface area contributed by atoms with Crippen molar-refractivity contribution >= 4 is 34.7 Å². The minimum absolute atomic E-state index is 0.0877. The van der Waals surface area contributed by atoms with E-state index in [-0.39, 0.29) is 5.54 Å². The first kappa shape index (κ1) is 18.1. The normalized spacial score (nSPS) is 17.4. The number of halogens is 1. The summed E-state index contributed by atoms with van der Waals surface area (Å²) in [5.41, 5.74) is 7.94. The molecule has 29 heavy (non-hydrogen) atoms. The van der Waals surface area contributed by atoms with E-state index in [9.17, 15) is 0 Å². The fourth-order valence-corrected chi connectivity index (χ4v) is 4.59. The van der Waals surface area contributed by atoms with Crippen molar-refractivity contribution < 1.29 is 4.74 Å². The second-order valence-corrected chi connectivity index (χ2v) is 8.68. The molecule has 0 spiro atoms. The lowest BCUT2D eigenvalue weighted by atomic mass is 9.83. The van der Waals surface area contributed by atoms with Crippen LogP contribution in [-0.4, -0.2) is 5.54 Å². The maximum absolute atomic E-state index is 6.43. The van der Waals surface area contributed by atoms with Gasteiger partial charge in [0, 0.05) is 27.4 Å². The summed E-state index contributed by atoms with van der Waals surface area (Å²) >= 11 is 6.22. The molecule has 0 aliphatic carbocycles. The van der Waals surface area contributed by atoms with Crippen molar-refractivity contribution in [1.82, 2.24) is 0 Å². The number of rotatable bonds is 1. The monoisotopic (exact) mass is 399 g/mol. The number of ether oxygens (including phenoxy) is 1. The Bertz CT molecular complexity index is 1200. The van der Waals surface area contributed by atoms with E-state index in [1.54, 1.807) is 0 Å². The minimum Gasteiger partial charge on any atom is -0.456 e. The van der Waals surface area contributed by atoms with Gasteiger partial charge in [0.05, 0.1) is 5.54 Å². The van der Waals surface area contributed by atoms with Gasteiger partial charge < -0.3 is 10.1 Å². The van der Waals surface area contributed by atoms with Gasteiger partial charge in [-0.3, -0.25) is 0 Å². The van der Waals surface area contributed by atoms with Crippen molar-refractivity contribution in [2.45, 2.75) is 26.3 Å². The molecule has 0 saturated carbocycles. The summed E-state index contributed by atoms with van der Waals surface area (Å²) in [5, 5.41) is 4.37. The van der Waals surface area contributed by atoms with E-state index >= 15 is 0 Å². The smallest absolute Gasteiger partial charge is 0.136 e. The van der Waals surface area contributed by atoms with Gasteiger partial charge in [0.15, 0.2) is 0 Å². The Kier molecular flexibility index (Phi) is 4.07. The van der Waals surface area contributed by atoms with Crippen molar-refractivity contribution in [3.63, 3.8) is 0 Å². The molecule has 3 aromatic carbocycles. The predicted molar refractivity (Wildman–Crippen MR) is 123 cm³/mol. The van der Waals surface area contributed by atoms with E-state index in [0.717, 1.165) is 33.9 Å². The number of benzene rings is 3. The quantitative estimate of drug-likeness (QED) is 0.457. The van der Waals surface area contributed by atoms with Crippen LogP contribution in [0.5, 0.6) is 5.75 Å². The van der Waals surface area contributed by atoms with Gasteiger partial charge >= 0.3 is 0 Å². The third kappa shape index (κ3) is 3.14. The van der Waals surface area contributed by atoms with E-state index < -0.39 is 0 Å². The van der Waals surface area contributed by atoms with Crippen LogP contribution in [0.15, 0.2) is 66.7 Å². The summed E-state index contributed by atoms with van der Waals surface area (Å²) in [6.45, 7) is 6.56. The van der Waals surface area contributed by atoms with Crippen molar-refractivity contribution in [2.75, 3.05) is 5.32 Å². The standard InChI is InChI=1S/C26H22ClNO/c1-16-15-26(2,3)28-21-12-11-20-19-9-4-5-10-22(19)29-23(25(20)24(16)21)14-17-7-6-8-18(27)13-17/h4-15,28H,1-3H3. The average Bonchev–Trinajstić information content (AvgIpc) is 2.66. The summed E-state index contributed by atoms with van der Waals surface area (Å²) < 4.78 is 6.43. The molecule has 0 fully saturated rings. The number of para-hydroxylation sites is 1. The van der Waals surface area contributed by atoms with Gasteiger partial charge in [-0.25, -0.2) is 0 Å². The Balaban J connectivity index is 1.80. The van der Waals surface area contributed by atoms with E-state index in [1.165, 1.54) is 16.7 Å². The Hall–Kier alpha value is -2.97. The van der Waals surface area contributed by atoms with Gasteiger partial charge in [-0.05, 0) is 67.8 Å². The molecule has 0 atom stereocenters. The van der Waals surface area contributed by atoms with Gasteiger partial charge in [0.2, 0.25) is 0 Å². The fraction of sp³-hybridized carbons (Fsp3) is 0.154. The van der Waals surface area contributed by atoms with Crippen LogP contribution < -0.4 is 10.1 Å². The first-order valence-electron chi connectivity index (χ1n) is 9.81. The summed E-state index contributed by atoms with van der Waals surface area (Å²) in [6.07, 6.45) is 4.36. The molecular weight excluding hydrogens is 378 g/mol. The third-order valence-electron chi connectivity index (χ3n) is 5.42. The fourth-order valence-electron chi connectivity index (χ4n) is 4.39. The van der Waals surface area contributed by atoms with Gasteiger partial charge in [-0.2, -0.15) is 0 Å². The summed E-state index contributed by atoms with van der Waals surface area (Å²) in [6, 6.07) is 20.4. The molecule has 0 bridgehead atoms. The lowest BCUT2D eigenvalue weighted by Crippen LogP contribution is -2.32. The first-order valence-corrected chi connectivity index (χ1v) is 10.2. The number of fused-ring (bicyclic) bond motifs is 5. The van der Waals surface area contributed by atoms with Crippen LogP contribution in [0.3, 0.4) is 0 Å². The maximum Gasteiger partial charge on any atom is 0.136 e. The van der Waals surface area contributed by atoms with Crippen molar-refractivity contribution in [2.24, 2.45) is 0 Å². The highest BCUT2D eigenvalue weighted by atomic mass is 35.5. The molecule has 1 N–H and O–H groups in total. The number of nitrogens with one attached hydrogen (secondary N) is 1. The molecule has 2 nitrogen and oxygen atoms in total. The van der Waals surface area contributed by atoms with Crippen LogP contribution in [-0.2, 0) is 0 Å². The van der Waals surface area contributed by atoms with Crippen LogP contribution >= 0.6 is 11.6 Å². The molecule has 3 heteroatoms. The highest BCUT2D eigenvalue weighted by molar-refractivity contribution is 6.30. The van der Waals surface area contributed by atoms with Gasteiger partial charge in [0.1, 0.15) is 11.5 Å². The van der Waals surface area contributed by atoms with Gasteiger partial charge in [-0.15, -0.1) is 0 Å². The Morgan fingerprint density at radius 1 is 0.931 bits per heavy atom. The summed E-state index contributed by atoms with van der Waals surface area (Å²) in [4.78, 5) is 0. The largest absolute Gasteiger partial charge is 0.456 e. The van der Waals surface area contributed by atoms with E-state index in [4.69, 9.17) is 16.3 Å². The Morgan fingerprint density at radius 2 is 1.76 bits per heavy atom. The zero-order valence-electron chi connectivity index (χ0n) is 16.7. The molecule has 5 rings (SSSR count). The maximum atomic E-state index is 6.43. The molecule has 0 saturated heterocycles. The topological polar surface area (TPSA) is 21.3 Å². The zero-order chi connectivity index (χ0) is 20.2. The number of allylic oxidation sites excluding steroid dienone is 1. The Morgan fingerprint density at radius 3 is 2.59 bits per heavy atom. The second-order valence-electron chi connectivity index (χ2n) is 8.25. The van der Waals surface area contributed by atoms with Gasteiger partial charge in [-0.1, -0.05) is 54.1 Å². The number of hydrogen-bond acceptors (Lipinski definition) is 2. The molecule has 2 aliphatic heterocycles. The van der Waals surface area contributed by atoms with Crippen molar-refractivity contribution in [1.29, 1.82) is 0 Å². The first-order chi connectivity index (χ1) is 13.9. The lowest BCUT2D eigenvalue weighted by Gasteiger charge is -2.35. The highest BCUT2D eigenvalue weighted by Crippen LogP contribution is 2.49. The summed E-state index contributed by atoms with van der Waals surface area (Å²) in [5.74, 6) is 1.71. The number of anilines is 1. The van der Waals surface area contributed by atoms with Gasteiger partial charge in [0.25, 0.3) is 0 Å². The van der Waals surface area contributed by atoms with Crippen LogP contribution in [0.2, 0.25) is 5.02 Å². The Labute approximate surface area is 176 Å². The third-order valence-corrected chi connectivity index (χ3v) is 5.66. The van der Waals surface area contributed by atoms with E-state index in [1.807, 2.05) is 36.4 Å². The summed E-state index contributed by atoms with van der Waals surface area (Å²) in [7, 11) is 0. The highest BCUT2D eigenvalue weighted by Gasteiger charge is 2.30. The molecule has 0 radical (unpaired) electrons. The van der Waals surface area contributed by atoms with Crippen molar-refractivity contribution in [3.8, 4) is 16.9 Å². The molecule has 3 aromatic rings. The van der Waals surface area contributed by atoms with E-state index in [2.05, 4.69) is 62.5 Å². The van der Waals surface area contributed by atoms with Crippen LogP contribution in [0.1, 0.15) is 37.5 Å². The molecule has 144 valence electrons. The SMILES string of the molecule is CC1=CC(C)(C)Nc2ccc3c(c21)C(=Cc1cccc(Cl)c1)Oc1ccccc1-3.